The molecule has 0 aliphatic heterocycles. The second-order valence-corrected chi connectivity index (χ2v) is 5.15. The Morgan fingerprint density at radius 3 is 2.29 bits per heavy atom. The molecule has 3 amide bonds. The Hall–Kier alpha value is -3.35. The lowest BCUT2D eigenvalue weighted by atomic mass is 10.2. The fraction of sp³-hybridized carbons (Fsp3) is 0.0588. The molecule has 0 aliphatic carbocycles. The summed E-state index contributed by atoms with van der Waals surface area (Å²) in [6, 6.07) is 12.2. The molecule has 1 heterocycles. The van der Waals surface area contributed by atoms with Crippen molar-refractivity contribution in [2.24, 2.45) is 0 Å². The zero-order valence-corrected chi connectivity index (χ0v) is 12.8. The molecule has 4 N–H and O–H groups in total. The van der Waals surface area contributed by atoms with Crippen LogP contribution in [-0.2, 0) is 0 Å². The van der Waals surface area contributed by atoms with E-state index in [4.69, 9.17) is 0 Å². The van der Waals surface area contributed by atoms with Crippen LogP contribution in [0.1, 0.15) is 10.5 Å². The van der Waals surface area contributed by atoms with Crippen molar-refractivity contribution in [1.82, 2.24) is 10.3 Å². The van der Waals surface area contributed by atoms with Gasteiger partial charge in [0, 0.05) is 29.3 Å². The first kappa shape index (κ1) is 15.5. The number of amides is 3. The van der Waals surface area contributed by atoms with Crippen molar-refractivity contribution >= 4 is 34.2 Å². The van der Waals surface area contributed by atoms with Gasteiger partial charge in [0.1, 0.15) is 11.5 Å². The Morgan fingerprint density at radius 1 is 0.958 bits per heavy atom. The molecule has 7 heteroatoms. The number of carbonyl (C=O) groups is 2. The van der Waals surface area contributed by atoms with Gasteiger partial charge in [-0.3, -0.25) is 4.79 Å². The van der Waals surface area contributed by atoms with Gasteiger partial charge in [0.2, 0.25) is 0 Å². The molecule has 0 saturated heterocycles. The van der Waals surface area contributed by atoms with Gasteiger partial charge >= 0.3 is 6.03 Å². The monoisotopic (exact) mass is 326 g/mol. The molecule has 1 aromatic heterocycles. The van der Waals surface area contributed by atoms with E-state index < -0.39 is 0 Å². The number of benzene rings is 2. The van der Waals surface area contributed by atoms with E-state index >= 15 is 0 Å². The molecular weight excluding hydrogens is 311 g/mol. The maximum atomic E-state index is 13.2. The molecule has 0 fully saturated rings. The number of hydrogen-bond donors (Lipinski definition) is 4. The summed E-state index contributed by atoms with van der Waals surface area (Å²) in [5.74, 6) is -0.689. The van der Waals surface area contributed by atoms with Gasteiger partial charge in [-0.2, -0.15) is 0 Å². The van der Waals surface area contributed by atoms with Crippen LogP contribution in [0.25, 0.3) is 10.9 Å². The fourth-order valence-electron chi connectivity index (χ4n) is 2.25. The number of aromatic nitrogens is 1. The summed E-state index contributed by atoms with van der Waals surface area (Å²) in [6.45, 7) is 0. The number of fused-ring (bicyclic) bond motifs is 1. The number of nitrogens with one attached hydrogen (secondary N) is 4. The number of anilines is 2. The van der Waals surface area contributed by atoms with Crippen molar-refractivity contribution in [3.05, 3.63) is 60.0 Å². The number of halogens is 1. The molecule has 3 rings (SSSR count). The van der Waals surface area contributed by atoms with Gasteiger partial charge in [-0.05, 0) is 48.5 Å². The predicted molar refractivity (Wildman–Crippen MR) is 90.7 cm³/mol. The summed E-state index contributed by atoms with van der Waals surface area (Å²) in [7, 11) is 1.52. The minimum Gasteiger partial charge on any atom is -0.351 e. The van der Waals surface area contributed by atoms with Gasteiger partial charge < -0.3 is 20.9 Å². The molecule has 3 aromatic rings. The zero-order valence-electron chi connectivity index (χ0n) is 12.8. The van der Waals surface area contributed by atoms with E-state index in [0.717, 1.165) is 0 Å². The fourth-order valence-corrected chi connectivity index (χ4v) is 2.25. The van der Waals surface area contributed by atoms with Gasteiger partial charge in [-0.15, -0.1) is 0 Å². The van der Waals surface area contributed by atoms with E-state index in [1.807, 2.05) is 0 Å². The van der Waals surface area contributed by atoms with Crippen LogP contribution in [0.3, 0.4) is 0 Å². The Balaban J connectivity index is 1.72. The largest absolute Gasteiger partial charge is 0.351 e. The molecule has 0 atom stereocenters. The van der Waals surface area contributed by atoms with Gasteiger partial charge in [0.05, 0.1) is 0 Å². The summed E-state index contributed by atoms with van der Waals surface area (Å²) in [6.07, 6.45) is 0. The third-order valence-corrected chi connectivity index (χ3v) is 3.46. The van der Waals surface area contributed by atoms with Crippen molar-refractivity contribution in [1.29, 1.82) is 0 Å². The summed E-state index contributed by atoms with van der Waals surface area (Å²) < 4.78 is 13.2. The van der Waals surface area contributed by atoms with Crippen molar-refractivity contribution in [2.75, 3.05) is 17.7 Å². The summed E-state index contributed by atoms with van der Waals surface area (Å²) in [4.78, 5) is 26.4. The van der Waals surface area contributed by atoms with Crippen molar-refractivity contribution in [3.63, 3.8) is 0 Å². The number of rotatable bonds is 3. The normalized spacial score (nSPS) is 10.4. The highest BCUT2D eigenvalue weighted by Crippen LogP contribution is 2.18. The molecule has 24 heavy (non-hydrogen) atoms. The van der Waals surface area contributed by atoms with Crippen LogP contribution in [0, 0.1) is 5.82 Å². The van der Waals surface area contributed by atoms with Crippen LogP contribution in [0.2, 0.25) is 0 Å². The average Bonchev–Trinajstić information content (AvgIpc) is 2.99. The Bertz CT molecular complexity index is 903. The van der Waals surface area contributed by atoms with Crippen molar-refractivity contribution in [2.45, 2.75) is 0 Å². The minimum atomic E-state index is -0.354. The topological polar surface area (TPSA) is 86.0 Å². The Morgan fingerprint density at radius 2 is 1.62 bits per heavy atom. The molecule has 0 unspecified atom stereocenters. The number of hydrogen-bond acceptors (Lipinski definition) is 2. The molecule has 0 spiro atoms. The smallest absolute Gasteiger partial charge is 0.318 e. The van der Waals surface area contributed by atoms with E-state index in [0.29, 0.717) is 28.0 Å². The first-order valence-corrected chi connectivity index (χ1v) is 7.23. The Labute approximate surface area is 137 Å². The van der Waals surface area contributed by atoms with Crippen LogP contribution in [0.15, 0.2) is 48.5 Å². The van der Waals surface area contributed by atoms with Crippen molar-refractivity contribution < 1.29 is 14.0 Å². The van der Waals surface area contributed by atoms with Crippen LogP contribution >= 0.6 is 0 Å². The van der Waals surface area contributed by atoms with Crippen LogP contribution in [0.4, 0.5) is 20.6 Å². The van der Waals surface area contributed by atoms with Gasteiger partial charge in [0.25, 0.3) is 5.91 Å². The third-order valence-electron chi connectivity index (χ3n) is 3.46. The van der Waals surface area contributed by atoms with E-state index in [1.54, 1.807) is 36.4 Å². The number of H-pyrrole nitrogens is 1. The average molecular weight is 326 g/mol. The molecule has 0 radical (unpaired) electrons. The highest BCUT2D eigenvalue weighted by molar-refractivity contribution is 6.06. The quantitative estimate of drug-likeness (QED) is 0.595. The molecule has 122 valence electrons. The lowest BCUT2D eigenvalue weighted by Gasteiger charge is -2.07. The van der Waals surface area contributed by atoms with E-state index in [9.17, 15) is 14.0 Å². The highest BCUT2D eigenvalue weighted by atomic mass is 19.1. The number of urea groups is 1. The lowest BCUT2D eigenvalue weighted by molar-refractivity contribution is 0.102. The minimum absolute atomic E-state index is 0.322. The summed E-state index contributed by atoms with van der Waals surface area (Å²) >= 11 is 0. The first-order chi connectivity index (χ1) is 11.5. The highest BCUT2D eigenvalue weighted by Gasteiger charge is 2.10. The van der Waals surface area contributed by atoms with Crippen LogP contribution in [0.5, 0.6) is 0 Å². The summed E-state index contributed by atoms with van der Waals surface area (Å²) in [5, 5.41) is 8.44. The lowest BCUT2D eigenvalue weighted by Crippen LogP contribution is -2.24. The van der Waals surface area contributed by atoms with E-state index in [-0.39, 0.29) is 17.8 Å². The molecule has 0 saturated carbocycles. The summed E-state index contributed by atoms with van der Waals surface area (Å²) in [5.41, 5.74) is 2.20. The van der Waals surface area contributed by atoms with Gasteiger partial charge in [-0.1, -0.05) is 0 Å². The number of aromatic amines is 1. The zero-order chi connectivity index (χ0) is 17.1. The predicted octanol–water partition coefficient (Wildman–Crippen LogP) is 3.31. The van der Waals surface area contributed by atoms with Gasteiger partial charge in [0.15, 0.2) is 0 Å². The van der Waals surface area contributed by atoms with Crippen molar-refractivity contribution in [3.8, 4) is 0 Å². The first-order valence-electron chi connectivity index (χ1n) is 7.23. The maximum absolute atomic E-state index is 13.2. The third kappa shape index (κ3) is 3.35. The van der Waals surface area contributed by atoms with E-state index in [1.165, 1.54) is 19.2 Å². The molecule has 6 nitrogen and oxygen atoms in total. The molecule has 0 bridgehead atoms. The van der Waals surface area contributed by atoms with E-state index in [2.05, 4.69) is 20.9 Å². The van der Waals surface area contributed by atoms with Crippen LogP contribution in [-0.4, -0.2) is 24.0 Å². The number of carbonyl (C=O) groups excluding carboxylic acids is 2. The molecular formula is C17H15FN4O2. The van der Waals surface area contributed by atoms with Gasteiger partial charge in [-0.25, -0.2) is 9.18 Å². The Kier molecular flexibility index (Phi) is 4.15. The van der Waals surface area contributed by atoms with Crippen LogP contribution < -0.4 is 16.0 Å². The second-order valence-electron chi connectivity index (χ2n) is 5.15. The maximum Gasteiger partial charge on any atom is 0.318 e. The standard InChI is InChI=1S/C17H15FN4O2/c1-19-17(24)21-13-5-3-12(4-6-13)20-16(23)15-9-10-8-11(18)2-7-14(10)22-15/h2-9,22H,1H3,(H,20,23)(H2,19,21,24). The SMILES string of the molecule is CNC(=O)Nc1ccc(NC(=O)c2cc3cc(F)ccc3[nH]2)cc1. The second kappa shape index (κ2) is 6.41. The molecule has 0 aliphatic rings. The molecule has 2 aromatic carbocycles.